The molecule has 0 spiro atoms. The van der Waals surface area contributed by atoms with Crippen LogP contribution in [-0.2, 0) is 11.3 Å². The monoisotopic (exact) mass is 562 g/mol. The molecule has 1 fully saturated rings. The maximum Gasteiger partial charge on any atom is 0.410 e. The van der Waals surface area contributed by atoms with Crippen LogP contribution in [0.5, 0.6) is 17.2 Å². The van der Waals surface area contributed by atoms with Gasteiger partial charge in [0.25, 0.3) is 5.91 Å². The third kappa shape index (κ3) is 7.09. The normalized spacial score (nSPS) is 18.1. The van der Waals surface area contributed by atoms with Gasteiger partial charge in [0.05, 0.1) is 12.2 Å². The molecule has 1 N–H and O–H groups in total. The number of hydrogen-bond donors (Lipinski definition) is 1. The van der Waals surface area contributed by atoms with Crippen molar-refractivity contribution in [1.29, 1.82) is 0 Å². The number of amides is 2. The fourth-order valence-corrected chi connectivity index (χ4v) is 5.12. The average molecular weight is 563 g/mol. The van der Waals surface area contributed by atoms with Gasteiger partial charge in [0.1, 0.15) is 17.2 Å². The van der Waals surface area contributed by atoms with Gasteiger partial charge in [-0.25, -0.2) is 9.18 Å². The lowest BCUT2D eigenvalue weighted by Crippen LogP contribution is -2.46. The van der Waals surface area contributed by atoms with Gasteiger partial charge >= 0.3 is 6.09 Å². The number of carbonyl (C=O) groups excluding carboxylic acids is 2. The summed E-state index contributed by atoms with van der Waals surface area (Å²) in [6, 6.07) is 19.5. The van der Waals surface area contributed by atoms with Crippen LogP contribution < -0.4 is 19.5 Å². The van der Waals surface area contributed by atoms with E-state index in [1.165, 1.54) is 6.07 Å². The smallest absolute Gasteiger partial charge is 0.410 e. The third-order valence-electron chi connectivity index (χ3n) is 7.15. The first-order valence-electron chi connectivity index (χ1n) is 13.8. The summed E-state index contributed by atoms with van der Waals surface area (Å²) in [5.74, 6) is 0.598. The van der Waals surface area contributed by atoms with E-state index < -0.39 is 17.3 Å². The number of rotatable bonds is 7. The summed E-state index contributed by atoms with van der Waals surface area (Å²) < 4.78 is 37.5. The van der Waals surface area contributed by atoms with Crippen LogP contribution in [0, 0.1) is 11.7 Å². The van der Waals surface area contributed by atoms with E-state index in [0.717, 1.165) is 11.1 Å². The van der Waals surface area contributed by atoms with Crippen LogP contribution in [0.3, 0.4) is 0 Å². The Bertz CT molecular complexity index is 1390. The van der Waals surface area contributed by atoms with Crippen LogP contribution in [0.25, 0.3) is 0 Å². The Morgan fingerprint density at radius 2 is 1.80 bits per heavy atom. The van der Waals surface area contributed by atoms with E-state index in [9.17, 15) is 14.0 Å². The Morgan fingerprint density at radius 1 is 1.02 bits per heavy atom. The fourth-order valence-electron chi connectivity index (χ4n) is 5.12. The fraction of sp³-hybridized carbons (Fsp3) is 0.375. The number of fused-ring (bicyclic) bond motifs is 1. The van der Waals surface area contributed by atoms with Gasteiger partial charge in [-0.1, -0.05) is 36.4 Å². The van der Waals surface area contributed by atoms with Crippen molar-refractivity contribution in [3.8, 4) is 17.2 Å². The van der Waals surface area contributed by atoms with Crippen molar-refractivity contribution < 1.29 is 32.9 Å². The highest BCUT2D eigenvalue weighted by molar-refractivity contribution is 5.94. The zero-order valence-corrected chi connectivity index (χ0v) is 23.5. The van der Waals surface area contributed by atoms with Crippen molar-refractivity contribution >= 4 is 12.0 Å². The van der Waals surface area contributed by atoms with E-state index >= 15 is 0 Å². The Balaban J connectivity index is 1.34. The summed E-state index contributed by atoms with van der Waals surface area (Å²) in [6.07, 6.45) is 0.217. The molecule has 2 atom stereocenters. The minimum absolute atomic E-state index is 0.0107. The first-order chi connectivity index (χ1) is 19.7. The number of nitrogens with zero attached hydrogens (tertiary/aromatic N) is 1. The number of benzene rings is 3. The highest BCUT2D eigenvalue weighted by Gasteiger charge is 2.35. The molecule has 0 saturated carbocycles. The van der Waals surface area contributed by atoms with E-state index in [-0.39, 0.29) is 36.9 Å². The topological polar surface area (TPSA) is 86.3 Å². The molecule has 2 heterocycles. The van der Waals surface area contributed by atoms with Crippen molar-refractivity contribution in [3.63, 3.8) is 0 Å². The van der Waals surface area contributed by atoms with Crippen molar-refractivity contribution in [3.05, 3.63) is 89.2 Å². The van der Waals surface area contributed by atoms with E-state index in [0.29, 0.717) is 43.3 Å². The zero-order chi connectivity index (χ0) is 29.0. The largest absolute Gasteiger partial charge is 0.493 e. The Kier molecular flexibility index (Phi) is 8.33. The van der Waals surface area contributed by atoms with Crippen LogP contribution in [0.2, 0.25) is 0 Å². The SMILES string of the molecule is CC(C)(C)OC(=O)N1CC[C@@H](c2ccc(F)c(C(=O)NCc3ccccc3)c2)[C@H](COc2ccc3c(c2)OCO3)C1. The predicted octanol–water partition coefficient (Wildman–Crippen LogP) is 5.90. The van der Waals surface area contributed by atoms with Crippen molar-refractivity contribution in [2.75, 3.05) is 26.5 Å². The van der Waals surface area contributed by atoms with Gasteiger partial charge in [-0.2, -0.15) is 0 Å². The number of carbonyl (C=O) groups is 2. The van der Waals surface area contributed by atoms with E-state index in [4.69, 9.17) is 18.9 Å². The summed E-state index contributed by atoms with van der Waals surface area (Å²) in [7, 11) is 0. The summed E-state index contributed by atoms with van der Waals surface area (Å²) >= 11 is 0. The first kappa shape index (κ1) is 28.3. The van der Waals surface area contributed by atoms with Gasteiger partial charge in [0.2, 0.25) is 6.79 Å². The summed E-state index contributed by atoms with van der Waals surface area (Å²) in [6.45, 7) is 7.10. The predicted molar refractivity (Wildman–Crippen MR) is 151 cm³/mol. The molecule has 2 aliphatic rings. The number of nitrogens with one attached hydrogen (secondary N) is 1. The molecule has 0 bridgehead atoms. The molecule has 2 aliphatic heterocycles. The number of hydrogen-bond acceptors (Lipinski definition) is 6. The molecular formula is C32H35FN2O6. The molecule has 3 aromatic rings. The lowest BCUT2D eigenvalue weighted by Gasteiger charge is -2.39. The summed E-state index contributed by atoms with van der Waals surface area (Å²) in [5, 5.41) is 2.81. The number of halogens is 1. The maximum absolute atomic E-state index is 14.8. The molecule has 41 heavy (non-hydrogen) atoms. The molecule has 3 aromatic carbocycles. The molecule has 8 nitrogen and oxygen atoms in total. The molecule has 9 heteroatoms. The number of likely N-dealkylation sites (tertiary alicyclic amines) is 1. The van der Waals surface area contributed by atoms with Crippen LogP contribution >= 0.6 is 0 Å². The van der Waals surface area contributed by atoms with Crippen LogP contribution in [0.15, 0.2) is 66.7 Å². The number of piperidine rings is 1. The second kappa shape index (κ2) is 12.1. The Hall–Kier alpha value is -4.27. The second-order valence-corrected chi connectivity index (χ2v) is 11.3. The van der Waals surface area contributed by atoms with Gasteiger partial charge in [0, 0.05) is 31.6 Å². The molecule has 1 saturated heterocycles. The van der Waals surface area contributed by atoms with Crippen molar-refractivity contribution in [2.24, 2.45) is 5.92 Å². The second-order valence-electron chi connectivity index (χ2n) is 11.3. The lowest BCUT2D eigenvalue weighted by atomic mass is 9.80. The average Bonchev–Trinajstić information content (AvgIpc) is 3.43. The van der Waals surface area contributed by atoms with Crippen LogP contribution in [0.4, 0.5) is 9.18 Å². The molecule has 0 aromatic heterocycles. The van der Waals surface area contributed by atoms with Crippen LogP contribution in [0.1, 0.15) is 54.6 Å². The molecule has 0 aliphatic carbocycles. The molecule has 216 valence electrons. The van der Waals surface area contributed by atoms with E-state index in [2.05, 4.69) is 5.32 Å². The zero-order valence-electron chi connectivity index (χ0n) is 23.5. The quantitative estimate of drug-likeness (QED) is 0.386. The highest BCUT2D eigenvalue weighted by atomic mass is 19.1. The first-order valence-corrected chi connectivity index (χ1v) is 13.8. The van der Waals surface area contributed by atoms with Crippen LogP contribution in [-0.4, -0.2) is 49.0 Å². The van der Waals surface area contributed by atoms with E-state index in [1.807, 2.05) is 57.2 Å². The lowest BCUT2D eigenvalue weighted by molar-refractivity contribution is 0.0111. The van der Waals surface area contributed by atoms with E-state index in [1.54, 1.807) is 29.2 Å². The molecule has 2 amide bonds. The van der Waals surface area contributed by atoms with Crippen molar-refractivity contribution in [2.45, 2.75) is 45.3 Å². The standard InChI is InChI=1S/C32H35FN2O6/c1-32(2,3)41-31(37)35-14-13-25(23(18-35)19-38-24-10-12-28-29(16-24)40-20-39-28)22-9-11-27(33)26(15-22)30(36)34-17-21-7-5-4-6-8-21/h4-12,15-16,23,25H,13-14,17-20H2,1-3H3,(H,34,36)/t23-,25-/m0/s1. The van der Waals surface area contributed by atoms with Gasteiger partial charge in [0.15, 0.2) is 11.5 Å². The highest BCUT2D eigenvalue weighted by Crippen LogP contribution is 2.38. The third-order valence-corrected chi connectivity index (χ3v) is 7.15. The maximum atomic E-state index is 14.8. The summed E-state index contributed by atoms with van der Waals surface area (Å²) in [4.78, 5) is 27.6. The van der Waals surface area contributed by atoms with Gasteiger partial charge < -0.3 is 29.2 Å². The minimum atomic E-state index is -0.620. The molecule has 0 radical (unpaired) electrons. The number of ether oxygens (including phenoxy) is 4. The molecular weight excluding hydrogens is 527 g/mol. The summed E-state index contributed by atoms with van der Waals surface area (Å²) in [5.41, 5.74) is 1.11. The molecule has 5 rings (SSSR count). The van der Waals surface area contributed by atoms with Gasteiger partial charge in [-0.3, -0.25) is 4.79 Å². The minimum Gasteiger partial charge on any atom is -0.493 e. The molecule has 0 unspecified atom stereocenters. The van der Waals surface area contributed by atoms with Crippen molar-refractivity contribution in [1.82, 2.24) is 10.2 Å². The Labute approximate surface area is 239 Å². The van der Waals surface area contributed by atoms with Gasteiger partial charge in [-0.15, -0.1) is 0 Å². The van der Waals surface area contributed by atoms with Gasteiger partial charge in [-0.05, 0) is 68.5 Å². The Morgan fingerprint density at radius 3 is 2.59 bits per heavy atom.